The van der Waals surface area contributed by atoms with Gasteiger partial charge in [0.05, 0.1) is 42.6 Å². The van der Waals surface area contributed by atoms with Crippen LogP contribution in [0.4, 0.5) is 19.0 Å². The molecule has 1 fully saturated rings. The zero-order valence-electron chi connectivity index (χ0n) is 19.0. The molecular weight excluding hydrogens is 513 g/mol. The van der Waals surface area contributed by atoms with Gasteiger partial charge >= 0.3 is 5.69 Å². The van der Waals surface area contributed by atoms with Crippen LogP contribution >= 0.6 is 11.6 Å². The maximum absolute atomic E-state index is 14.0. The molecule has 5 aromatic rings. The highest BCUT2D eigenvalue weighted by Crippen LogP contribution is 2.30. The Labute approximate surface area is 210 Å². The molecule has 6 rings (SSSR count). The Morgan fingerprint density at radius 2 is 1.86 bits per heavy atom. The molecule has 0 atom stereocenters. The maximum atomic E-state index is 14.0. The number of fused-ring (bicyclic) bond motifs is 2. The van der Waals surface area contributed by atoms with Gasteiger partial charge in [0.2, 0.25) is 5.88 Å². The molecule has 5 heterocycles. The van der Waals surface area contributed by atoms with E-state index in [4.69, 9.17) is 16.3 Å². The summed E-state index contributed by atoms with van der Waals surface area (Å²) in [6.07, 6.45) is 1.55. The average molecular weight is 529 g/mol. The van der Waals surface area contributed by atoms with Gasteiger partial charge < -0.3 is 9.64 Å². The zero-order chi connectivity index (χ0) is 26.0. The quantitative estimate of drug-likeness (QED) is 0.356. The summed E-state index contributed by atoms with van der Waals surface area (Å²) >= 11 is 6.02. The van der Waals surface area contributed by atoms with Crippen LogP contribution in [-0.4, -0.2) is 49.9 Å². The van der Waals surface area contributed by atoms with Crippen LogP contribution in [0.2, 0.25) is 5.02 Å². The molecule has 1 saturated heterocycles. The van der Waals surface area contributed by atoms with Crippen molar-refractivity contribution in [3.63, 3.8) is 0 Å². The van der Waals surface area contributed by atoms with E-state index in [0.29, 0.717) is 5.82 Å². The summed E-state index contributed by atoms with van der Waals surface area (Å²) in [6.45, 7) is 0.174. The molecule has 188 valence electrons. The fourth-order valence-electron chi connectivity index (χ4n) is 4.38. The molecule has 0 N–H and O–H groups in total. The Morgan fingerprint density at radius 1 is 1.08 bits per heavy atom. The molecule has 0 unspecified atom stereocenters. The highest BCUT2D eigenvalue weighted by Gasteiger charge is 2.30. The van der Waals surface area contributed by atoms with E-state index in [1.807, 2.05) is 0 Å². The van der Waals surface area contributed by atoms with Crippen molar-refractivity contribution in [2.24, 2.45) is 0 Å². The Balaban J connectivity index is 1.75. The Hall–Kier alpha value is -4.32. The number of halogens is 4. The van der Waals surface area contributed by atoms with Crippen molar-refractivity contribution < 1.29 is 17.9 Å². The summed E-state index contributed by atoms with van der Waals surface area (Å²) in [4.78, 5) is 37.9. The maximum Gasteiger partial charge on any atom is 0.342 e. The Bertz CT molecular complexity index is 1840. The lowest BCUT2D eigenvalue weighted by Crippen LogP contribution is -2.49. The molecule has 13 heteroatoms. The van der Waals surface area contributed by atoms with Gasteiger partial charge in [0.25, 0.3) is 5.56 Å². The summed E-state index contributed by atoms with van der Waals surface area (Å²) in [5, 5.41) is -0.314. The molecule has 0 bridgehead atoms. The number of pyridine rings is 2. The van der Waals surface area contributed by atoms with Crippen LogP contribution in [0.15, 0.2) is 58.4 Å². The van der Waals surface area contributed by atoms with Crippen LogP contribution in [0.3, 0.4) is 0 Å². The van der Waals surface area contributed by atoms with Gasteiger partial charge in [-0.25, -0.2) is 27.5 Å². The largest absolute Gasteiger partial charge is 0.480 e. The standard InChI is InChI=1S/C24H16ClF3N6O3/c1-37-22-21-17(8-19(30-22)31-10-13(27)11-31)33(14-2-3-16(28)15(25)7-14)24(36)34(23(21)35)20-9-29-18-6-12(26)4-5-32(18)20/h2-9,13H,10-11H2,1H3. The van der Waals surface area contributed by atoms with Crippen LogP contribution in [0.1, 0.15) is 0 Å². The minimum atomic E-state index is -1.03. The van der Waals surface area contributed by atoms with Crippen molar-refractivity contribution in [2.45, 2.75) is 6.17 Å². The van der Waals surface area contributed by atoms with Crippen molar-refractivity contribution in [3.05, 3.63) is 86.3 Å². The SMILES string of the molecule is COc1nc(N2CC(F)C2)cc2c1c(=O)n(-c1cnc3cc(F)ccn13)c(=O)n2-c1ccc(F)c(Cl)c1. The van der Waals surface area contributed by atoms with Gasteiger partial charge in [0.15, 0.2) is 0 Å². The van der Waals surface area contributed by atoms with Crippen molar-refractivity contribution in [2.75, 3.05) is 25.1 Å². The predicted molar refractivity (Wildman–Crippen MR) is 130 cm³/mol. The summed E-state index contributed by atoms with van der Waals surface area (Å²) in [6, 6.07) is 7.43. The smallest absolute Gasteiger partial charge is 0.342 e. The number of alkyl halides is 1. The lowest BCUT2D eigenvalue weighted by molar-refractivity contribution is 0.273. The van der Waals surface area contributed by atoms with Crippen LogP contribution in [0, 0.1) is 11.6 Å². The van der Waals surface area contributed by atoms with E-state index in [2.05, 4.69) is 9.97 Å². The van der Waals surface area contributed by atoms with Gasteiger partial charge in [-0.15, -0.1) is 0 Å². The minimum Gasteiger partial charge on any atom is -0.480 e. The van der Waals surface area contributed by atoms with E-state index >= 15 is 0 Å². The third-order valence-corrected chi connectivity index (χ3v) is 6.48. The molecular formula is C24H16ClF3N6O3. The van der Waals surface area contributed by atoms with Crippen molar-refractivity contribution >= 4 is 34.0 Å². The number of aromatic nitrogens is 5. The number of benzene rings is 1. The number of ether oxygens (including phenoxy) is 1. The number of hydrogen-bond donors (Lipinski definition) is 0. The third kappa shape index (κ3) is 3.55. The second-order valence-corrected chi connectivity index (χ2v) is 8.84. The van der Waals surface area contributed by atoms with Gasteiger partial charge in [-0.2, -0.15) is 4.98 Å². The first-order valence-electron chi connectivity index (χ1n) is 11.0. The average Bonchev–Trinajstić information content (AvgIpc) is 3.26. The molecule has 0 saturated carbocycles. The number of nitrogens with zero attached hydrogens (tertiary/aromatic N) is 6. The third-order valence-electron chi connectivity index (χ3n) is 6.19. The van der Waals surface area contributed by atoms with Gasteiger partial charge in [0, 0.05) is 18.3 Å². The van der Waals surface area contributed by atoms with E-state index in [1.54, 1.807) is 4.90 Å². The normalized spacial score (nSPS) is 13.9. The monoisotopic (exact) mass is 528 g/mol. The molecule has 0 amide bonds. The van der Waals surface area contributed by atoms with Crippen LogP contribution in [-0.2, 0) is 0 Å². The summed E-state index contributed by atoms with van der Waals surface area (Å²) in [5.74, 6) is -1.02. The molecule has 37 heavy (non-hydrogen) atoms. The second-order valence-electron chi connectivity index (χ2n) is 8.43. The van der Waals surface area contributed by atoms with Crippen molar-refractivity contribution in [1.82, 2.24) is 23.5 Å². The van der Waals surface area contributed by atoms with E-state index < -0.39 is 29.1 Å². The molecule has 4 aromatic heterocycles. The highest BCUT2D eigenvalue weighted by atomic mass is 35.5. The van der Waals surface area contributed by atoms with E-state index in [0.717, 1.165) is 27.3 Å². The molecule has 1 aliphatic heterocycles. The highest BCUT2D eigenvalue weighted by molar-refractivity contribution is 6.30. The minimum absolute atomic E-state index is 0.0306. The van der Waals surface area contributed by atoms with Gasteiger partial charge in [-0.3, -0.25) is 13.8 Å². The number of anilines is 1. The lowest BCUT2D eigenvalue weighted by Gasteiger charge is -2.35. The summed E-state index contributed by atoms with van der Waals surface area (Å²) in [7, 11) is 1.31. The van der Waals surface area contributed by atoms with Gasteiger partial charge in [0.1, 0.15) is 40.5 Å². The molecule has 9 nitrogen and oxygen atoms in total. The Kier molecular flexibility index (Phi) is 5.23. The first-order valence-corrected chi connectivity index (χ1v) is 11.4. The van der Waals surface area contributed by atoms with E-state index in [9.17, 15) is 22.8 Å². The van der Waals surface area contributed by atoms with Crippen LogP contribution in [0.25, 0.3) is 28.1 Å². The second kappa shape index (κ2) is 8.37. The van der Waals surface area contributed by atoms with Gasteiger partial charge in [-0.1, -0.05) is 11.6 Å². The predicted octanol–water partition coefficient (Wildman–Crippen LogP) is 3.28. The number of rotatable bonds is 4. The summed E-state index contributed by atoms with van der Waals surface area (Å²) in [5.41, 5.74) is -1.20. The number of hydrogen-bond acceptors (Lipinski definition) is 6. The molecule has 0 aliphatic carbocycles. The molecule has 0 radical (unpaired) electrons. The van der Waals surface area contributed by atoms with Crippen molar-refractivity contribution in [1.29, 1.82) is 0 Å². The number of imidazole rings is 1. The van der Waals surface area contributed by atoms with Crippen molar-refractivity contribution in [3.8, 4) is 17.4 Å². The topological polar surface area (TPSA) is 86.7 Å². The summed E-state index contributed by atoms with van der Waals surface area (Å²) < 4.78 is 50.1. The van der Waals surface area contributed by atoms with Crippen LogP contribution in [0.5, 0.6) is 5.88 Å². The zero-order valence-corrected chi connectivity index (χ0v) is 19.8. The Morgan fingerprint density at radius 3 is 2.57 bits per heavy atom. The first-order chi connectivity index (χ1) is 17.8. The first kappa shape index (κ1) is 23.1. The van der Waals surface area contributed by atoms with Crippen LogP contribution < -0.4 is 20.9 Å². The molecule has 1 aromatic carbocycles. The number of methoxy groups -OCH3 is 1. The lowest BCUT2D eigenvalue weighted by atomic mass is 10.1. The molecule has 1 aliphatic rings. The van der Waals surface area contributed by atoms with E-state index in [-0.39, 0.29) is 52.0 Å². The molecule has 0 spiro atoms. The fraction of sp³-hybridized carbons (Fsp3) is 0.167. The fourth-order valence-corrected chi connectivity index (χ4v) is 4.56. The van der Waals surface area contributed by atoms with E-state index in [1.165, 1.54) is 42.1 Å². The van der Waals surface area contributed by atoms with Gasteiger partial charge in [-0.05, 0) is 24.3 Å².